The number of hydrogen-bond acceptors (Lipinski definition) is 5. The molecule has 2 saturated carbocycles. The Morgan fingerprint density at radius 2 is 1.77 bits per heavy atom. The molecule has 3 aliphatic rings. The first-order valence-electron chi connectivity index (χ1n) is 11.5. The van der Waals surface area contributed by atoms with Gasteiger partial charge in [-0.05, 0) is 70.1 Å². The molecule has 3 rings (SSSR count). The van der Waals surface area contributed by atoms with Crippen LogP contribution in [0.15, 0.2) is 23.0 Å². The molecule has 0 heterocycles. The van der Waals surface area contributed by atoms with Crippen LogP contribution in [0.5, 0.6) is 0 Å². The fraction of sp³-hybridized carbons (Fsp3) is 0.731. The Kier molecular flexibility index (Phi) is 5.50. The smallest absolute Gasteiger partial charge is 0.183 e. The number of fused-ring (bicyclic) bond motifs is 1. The number of aliphatic hydroxyl groups is 2. The van der Waals surface area contributed by atoms with Crippen molar-refractivity contribution in [2.24, 2.45) is 34.0 Å². The van der Waals surface area contributed by atoms with Crippen molar-refractivity contribution in [3.8, 4) is 0 Å². The maximum atomic E-state index is 14.1. The molecule has 0 aliphatic heterocycles. The number of Topliss-reactive ketones (excluding diaryl/α,β-unsaturated/α-hetero) is 3. The maximum Gasteiger partial charge on any atom is 0.183 e. The average molecular weight is 431 g/mol. The van der Waals surface area contributed by atoms with Gasteiger partial charge in [0.05, 0.1) is 16.4 Å². The summed E-state index contributed by atoms with van der Waals surface area (Å²) in [5, 5.41) is 22.2. The number of ketones is 3. The number of rotatable bonds is 6. The van der Waals surface area contributed by atoms with Gasteiger partial charge >= 0.3 is 0 Å². The van der Waals surface area contributed by atoms with Crippen molar-refractivity contribution >= 4 is 17.3 Å². The Labute approximate surface area is 186 Å². The van der Waals surface area contributed by atoms with E-state index in [9.17, 15) is 24.6 Å². The van der Waals surface area contributed by atoms with Crippen molar-refractivity contribution in [1.82, 2.24) is 0 Å². The second-order valence-electron chi connectivity index (χ2n) is 11.9. The van der Waals surface area contributed by atoms with Gasteiger partial charge in [-0.1, -0.05) is 39.3 Å². The second-order valence-corrected chi connectivity index (χ2v) is 11.9. The van der Waals surface area contributed by atoms with Crippen LogP contribution in [0.1, 0.15) is 81.1 Å². The van der Waals surface area contributed by atoms with Crippen molar-refractivity contribution in [3.63, 3.8) is 0 Å². The Balaban J connectivity index is 2.27. The van der Waals surface area contributed by atoms with Crippen LogP contribution in [-0.2, 0) is 14.4 Å². The molecule has 0 saturated heterocycles. The first-order valence-corrected chi connectivity index (χ1v) is 11.5. The summed E-state index contributed by atoms with van der Waals surface area (Å²) in [7, 11) is 0. The van der Waals surface area contributed by atoms with Crippen LogP contribution in [0.2, 0.25) is 0 Å². The standard InChI is InChI=1S/C26H38O5/c1-14(2)9-10-25-12-18-23(5,6)17(24(7,8)31)13-26(18,22(25)30)21(29)19(20(25)28)16(27)11-15(3)4/h9,15,17-18,28,31H,10-13H2,1-8H3/t17-,18?,25?,26-/m0/s1. The van der Waals surface area contributed by atoms with Crippen LogP contribution in [-0.4, -0.2) is 33.2 Å². The van der Waals surface area contributed by atoms with Gasteiger partial charge in [0.25, 0.3) is 0 Å². The Morgan fingerprint density at radius 1 is 1.19 bits per heavy atom. The molecule has 2 unspecified atom stereocenters. The minimum atomic E-state index is -1.35. The summed E-state index contributed by atoms with van der Waals surface area (Å²) in [6.07, 6.45) is 2.90. The summed E-state index contributed by atoms with van der Waals surface area (Å²) in [6, 6.07) is 0. The van der Waals surface area contributed by atoms with E-state index in [1.807, 2.05) is 47.6 Å². The lowest BCUT2D eigenvalue weighted by Crippen LogP contribution is -2.50. The van der Waals surface area contributed by atoms with Gasteiger partial charge in [0.15, 0.2) is 17.3 Å². The van der Waals surface area contributed by atoms with E-state index in [4.69, 9.17) is 0 Å². The molecule has 0 aromatic heterocycles. The third kappa shape index (κ3) is 3.18. The molecule has 5 nitrogen and oxygen atoms in total. The van der Waals surface area contributed by atoms with Crippen LogP contribution < -0.4 is 0 Å². The van der Waals surface area contributed by atoms with E-state index in [1.54, 1.807) is 13.8 Å². The second kappa shape index (κ2) is 7.13. The zero-order valence-electron chi connectivity index (χ0n) is 20.3. The van der Waals surface area contributed by atoms with E-state index in [1.165, 1.54) is 0 Å². The van der Waals surface area contributed by atoms with E-state index in [2.05, 4.69) is 0 Å². The number of allylic oxidation sites excluding steroid dienone is 4. The molecule has 2 bridgehead atoms. The summed E-state index contributed by atoms with van der Waals surface area (Å²) in [6.45, 7) is 15.1. The maximum absolute atomic E-state index is 14.1. The van der Waals surface area contributed by atoms with Gasteiger partial charge < -0.3 is 10.2 Å². The SMILES string of the molecule is CC(C)=CCC12CC3C(C)(C)[C@@H](C(C)(C)O)C[C@]3(C(=O)C(C(=O)CC(C)C)=C1O)C2=O. The molecule has 0 amide bonds. The zero-order valence-corrected chi connectivity index (χ0v) is 20.3. The Bertz CT molecular complexity index is 893. The summed E-state index contributed by atoms with van der Waals surface area (Å²) in [4.78, 5) is 41.1. The number of carbonyl (C=O) groups is 3. The zero-order chi connectivity index (χ0) is 23.7. The third-order valence-corrected chi connectivity index (χ3v) is 8.22. The summed E-state index contributed by atoms with van der Waals surface area (Å²) < 4.78 is 0. The lowest BCUT2D eigenvalue weighted by Gasteiger charge is -2.41. The number of carbonyl (C=O) groups excluding carboxylic acids is 3. The van der Waals surface area contributed by atoms with Gasteiger partial charge in [0.1, 0.15) is 11.3 Å². The highest BCUT2D eigenvalue weighted by Crippen LogP contribution is 2.73. The average Bonchev–Trinajstić information content (AvgIpc) is 2.97. The van der Waals surface area contributed by atoms with Gasteiger partial charge in [-0.2, -0.15) is 0 Å². The van der Waals surface area contributed by atoms with Crippen molar-refractivity contribution in [3.05, 3.63) is 23.0 Å². The Morgan fingerprint density at radius 3 is 2.26 bits per heavy atom. The molecule has 5 heteroatoms. The van der Waals surface area contributed by atoms with Crippen molar-refractivity contribution in [1.29, 1.82) is 0 Å². The topological polar surface area (TPSA) is 91.7 Å². The third-order valence-electron chi connectivity index (χ3n) is 8.22. The van der Waals surface area contributed by atoms with Crippen molar-refractivity contribution < 1.29 is 24.6 Å². The first kappa shape index (κ1) is 23.9. The number of aliphatic hydroxyl groups excluding tert-OH is 1. The molecular formula is C26H38O5. The van der Waals surface area contributed by atoms with Gasteiger partial charge in [-0.25, -0.2) is 0 Å². The first-order chi connectivity index (χ1) is 14.0. The fourth-order valence-electron chi connectivity index (χ4n) is 6.83. The molecule has 3 aliphatic carbocycles. The van der Waals surface area contributed by atoms with Gasteiger partial charge in [-0.3, -0.25) is 14.4 Å². The Hall–Kier alpha value is -1.75. The highest BCUT2D eigenvalue weighted by Gasteiger charge is 2.78. The lowest BCUT2D eigenvalue weighted by atomic mass is 9.62. The molecule has 2 fully saturated rings. The minimum absolute atomic E-state index is 0.0297. The summed E-state index contributed by atoms with van der Waals surface area (Å²) >= 11 is 0. The molecule has 2 N–H and O–H groups in total. The molecular weight excluding hydrogens is 392 g/mol. The predicted molar refractivity (Wildman–Crippen MR) is 119 cm³/mol. The predicted octanol–water partition coefficient (Wildman–Crippen LogP) is 4.73. The monoisotopic (exact) mass is 430 g/mol. The van der Waals surface area contributed by atoms with Crippen LogP contribution in [0.3, 0.4) is 0 Å². The minimum Gasteiger partial charge on any atom is -0.510 e. The van der Waals surface area contributed by atoms with E-state index < -0.39 is 27.6 Å². The van der Waals surface area contributed by atoms with Crippen LogP contribution in [0.4, 0.5) is 0 Å². The van der Waals surface area contributed by atoms with E-state index in [-0.39, 0.29) is 59.9 Å². The van der Waals surface area contributed by atoms with Gasteiger partial charge in [-0.15, -0.1) is 0 Å². The number of hydrogen-bond donors (Lipinski definition) is 2. The van der Waals surface area contributed by atoms with E-state index in [0.29, 0.717) is 6.42 Å². The fourth-order valence-corrected chi connectivity index (χ4v) is 6.83. The molecule has 31 heavy (non-hydrogen) atoms. The van der Waals surface area contributed by atoms with Gasteiger partial charge in [0.2, 0.25) is 0 Å². The van der Waals surface area contributed by atoms with E-state index in [0.717, 1.165) is 5.57 Å². The quantitative estimate of drug-likeness (QED) is 0.361. The van der Waals surface area contributed by atoms with Crippen LogP contribution >= 0.6 is 0 Å². The lowest BCUT2D eigenvalue weighted by molar-refractivity contribution is -0.145. The molecule has 172 valence electrons. The molecule has 4 atom stereocenters. The molecule has 1 spiro atoms. The van der Waals surface area contributed by atoms with Crippen LogP contribution in [0, 0.1) is 34.0 Å². The van der Waals surface area contributed by atoms with E-state index >= 15 is 0 Å². The van der Waals surface area contributed by atoms with Gasteiger partial charge in [0, 0.05) is 6.42 Å². The largest absolute Gasteiger partial charge is 0.510 e. The van der Waals surface area contributed by atoms with Crippen molar-refractivity contribution in [2.75, 3.05) is 0 Å². The molecule has 0 aromatic carbocycles. The molecule has 0 radical (unpaired) electrons. The van der Waals surface area contributed by atoms with Crippen molar-refractivity contribution in [2.45, 2.75) is 86.7 Å². The highest BCUT2D eigenvalue weighted by atomic mass is 16.3. The normalized spacial score (nSPS) is 34.4. The summed E-state index contributed by atoms with van der Waals surface area (Å²) in [5.74, 6) is -2.06. The van der Waals surface area contributed by atoms with Crippen LogP contribution in [0.25, 0.3) is 0 Å². The summed E-state index contributed by atoms with van der Waals surface area (Å²) in [5.41, 5.74) is -3.31. The molecule has 0 aromatic rings. The highest BCUT2D eigenvalue weighted by molar-refractivity contribution is 6.32.